The Hall–Kier alpha value is -1.40. The molecule has 1 aromatic carbocycles. The zero-order valence-electron chi connectivity index (χ0n) is 8.41. The molecule has 2 nitrogen and oxygen atoms in total. The molecule has 2 rings (SSSR count). The number of nitriles is 1. The van der Waals surface area contributed by atoms with Crippen LogP contribution in [-0.2, 0) is 0 Å². The van der Waals surface area contributed by atoms with Crippen molar-refractivity contribution in [2.75, 3.05) is 0 Å². The highest BCUT2D eigenvalue weighted by Gasteiger charge is 2.25. The van der Waals surface area contributed by atoms with Gasteiger partial charge in [-0.15, -0.1) is 0 Å². The second-order valence-electron chi connectivity index (χ2n) is 4.07. The van der Waals surface area contributed by atoms with E-state index in [9.17, 15) is 4.39 Å². The summed E-state index contributed by atoms with van der Waals surface area (Å²) >= 11 is 0. The van der Waals surface area contributed by atoms with Gasteiger partial charge < -0.3 is 5.73 Å². The first-order valence-corrected chi connectivity index (χ1v) is 5.17. The van der Waals surface area contributed by atoms with Crippen LogP contribution in [0.5, 0.6) is 0 Å². The number of hydrogen-bond acceptors (Lipinski definition) is 2. The summed E-state index contributed by atoms with van der Waals surface area (Å²) in [6, 6.07) is 6.36. The van der Waals surface area contributed by atoms with Crippen LogP contribution >= 0.6 is 0 Å². The minimum Gasteiger partial charge on any atom is -0.324 e. The third-order valence-corrected chi connectivity index (χ3v) is 3.15. The van der Waals surface area contributed by atoms with Crippen molar-refractivity contribution in [2.24, 2.45) is 11.7 Å². The minimum absolute atomic E-state index is 0.0496. The molecule has 0 unspecified atom stereocenters. The molecule has 0 saturated heterocycles. The van der Waals surface area contributed by atoms with Gasteiger partial charge in [0.1, 0.15) is 11.9 Å². The maximum atomic E-state index is 13.1. The van der Waals surface area contributed by atoms with Crippen molar-refractivity contribution in [3.05, 3.63) is 35.1 Å². The van der Waals surface area contributed by atoms with Crippen molar-refractivity contribution in [2.45, 2.75) is 25.3 Å². The van der Waals surface area contributed by atoms with Crippen molar-refractivity contribution < 1.29 is 4.39 Å². The average Bonchev–Trinajstić information content (AvgIpc) is 2.15. The Morgan fingerprint density at radius 1 is 1.47 bits per heavy atom. The van der Waals surface area contributed by atoms with Gasteiger partial charge in [-0.05, 0) is 36.5 Å². The van der Waals surface area contributed by atoms with Crippen LogP contribution in [0.25, 0.3) is 0 Å². The molecule has 0 bridgehead atoms. The lowest BCUT2D eigenvalue weighted by molar-refractivity contribution is 0.264. The number of hydrogen-bond donors (Lipinski definition) is 1. The van der Waals surface area contributed by atoms with Gasteiger partial charge in [-0.2, -0.15) is 5.26 Å². The third-order valence-electron chi connectivity index (χ3n) is 3.15. The van der Waals surface area contributed by atoms with Crippen molar-refractivity contribution in [3.8, 4) is 6.07 Å². The Morgan fingerprint density at radius 3 is 2.73 bits per heavy atom. The summed E-state index contributed by atoms with van der Waals surface area (Å²) in [6.45, 7) is 0. The second-order valence-corrected chi connectivity index (χ2v) is 4.07. The van der Waals surface area contributed by atoms with E-state index < -0.39 is 5.82 Å². The molecule has 1 aliphatic rings. The van der Waals surface area contributed by atoms with Gasteiger partial charge in [-0.25, -0.2) is 4.39 Å². The standard InChI is InChI=1S/C12H13FN2/c13-11-5-4-9(6-10(11)7-14)12(15)8-2-1-3-8/h4-6,8,12H,1-3,15H2/t12-/m1/s1. The number of nitrogens with two attached hydrogens (primary N) is 1. The van der Waals surface area contributed by atoms with E-state index in [1.807, 2.05) is 6.07 Å². The van der Waals surface area contributed by atoms with Gasteiger partial charge in [0.2, 0.25) is 0 Å². The molecule has 0 aromatic heterocycles. The SMILES string of the molecule is N#Cc1cc([C@H](N)C2CCC2)ccc1F. The van der Waals surface area contributed by atoms with E-state index in [0.29, 0.717) is 5.92 Å². The molecule has 0 heterocycles. The van der Waals surface area contributed by atoms with Crippen LogP contribution in [0.3, 0.4) is 0 Å². The Labute approximate surface area is 88.5 Å². The lowest BCUT2D eigenvalue weighted by Gasteiger charge is -2.31. The first-order valence-electron chi connectivity index (χ1n) is 5.17. The summed E-state index contributed by atoms with van der Waals surface area (Å²) < 4.78 is 13.1. The highest BCUT2D eigenvalue weighted by Crippen LogP contribution is 2.36. The fraction of sp³-hybridized carbons (Fsp3) is 0.417. The maximum Gasteiger partial charge on any atom is 0.140 e. The van der Waals surface area contributed by atoms with Crippen LogP contribution in [0, 0.1) is 23.1 Å². The van der Waals surface area contributed by atoms with Crippen molar-refractivity contribution in [3.63, 3.8) is 0 Å². The molecule has 2 N–H and O–H groups in total. The molecule has 0 radical (unpaired) electrons. The molecule has 0 amide bonds. The van der Waals surface area contributed by atoms with E-state index in [1.54, 1.807) is 12.1 Å². The van der Waals surface area contributed by atoms with Crippen LogP contribution in [-0.4, -0.2) is 0 Å². The number of rotatable bonds is 2. The normalized spacial score (nSPS) is 17.9. The zero-order chi connectivity index (χ0) is 10.8. The summed E-state index contributed by atoms with van der Waals surface area (Å²) in [5.41, 5.74) is 7.00. The summed E-state index contributed by atoms with van der Waals surface area (Å²) in [4.78, 5) is 0. The number of halogens is 1. The molecule has 15 heavy (non-hydrogen) atoms. The van der Waals surface area contributed by atoms with Crippen molar-refractivity contribution in [1.82, 2.24) is 0 Å². The molecule has 78 valence electrons. The zero-order valence-corrected chi connectivity index (χ0v) is 8.41. The van der Waals surface area contributed by atoms with Crippen LogP contribution < -0.4 is 5.73 Å². The molecule has 0 aliphatic heterocycles. The molecule has 3 heteroatoms. The number of benzene rings is 1. The predicted octanol–water partition coefficient (Wildman–Crippen LogP) is 2.50. The Balaban J connectivity index is 2.24. The van der Waals surface area contributed by atoms with E-state index in [1.165, 1.54) is 12.5 Å². The molecule has 0 spiro atoms. The van der Waals surface area contributed by atoms with Crippen LogP contribution in [0.4, 0.5) is 4.39 Å². The summed E-state index contributed by atoms with van der Waals surface area (Å²) in [5.74, 6) is 0.0315. The van der Waals surface area contributed by atoms with Crippen LogP contribution in [0.15, 0.2) is 18.2 Å². The first-order chi connectivity index (χ1) is 7.22. The quantitative estimate of drug-likeness (QED) is 0.804. The van der Waals surface area contributed by atoms with Gasteiger partial charge in [0.15, 0.2) is 0 Å². The van der Waals surface area contributed by atoms with Gasteiger partial charge in [-0.1, -0.05) is 12.5 Å². The first kappa shape index (κ1) is 10.1. The highest BCUT2D eigenvalue weighted by molar-refractivity contribution is 5.35. The lowest BCUT2D eigenvalue weighted by atomic mass is 9.77. The monoisotopic (exact) mass is 204 g/mol. The van der Waals surface area contributed by atoms with E-state index in [4.69, 9.17) is 11.0 Å². The molecular weight excluding hydrogens is 191 g/mol. The average molecular weight is 204 g/mol. The molecule has 1 fully saturated rings. The van der Waals surface area contributed by atoms with Crippen LogP contribution in [0.1, 0.15) is 36.4 Å². The topological polar surface area (TPSA) is 49.8 Å². The second kappa shape index (κ2) is 4.00. The van der Waals surface area contributed by atoms with E-state index in [2.05, 4.69) is 0 Å². The summed E-state index contributed by atoms with van der Waals surface area (Å²) in [7, 11) is 0. The number of nitrogens with zero attached hydrogens (tertiary/aromatic N) is 1. The molecular formula is C12H13FN2. The smallest absolute Gasteiger partial charge is 0.140 e. The Morgan fingerprint density at radius 2 is 2.20 bits per heavy atom. The summed E-state index contributed by atoms with van der Waals surface area (Å²) in [5, 5.41) is 8.70. The minimum atomic E-state index is -0.470. The fourth-order valence-electron chi connectivity index (χ4n) is 1.91. The third kappa shape index (κ3) is 1.86. The van der Waals surface area contributed by atoms with E-state index >= 15 is 0 Å². The fourth-order valence-corrected chi connectivity index (χ4v) is 1.91. The van der Waals surface area contributed by atoms with Gasteiger partial charge in [0.25, 0.3) is 0 Å². The van der Waals surface area contributed by atoms with Crippen molar-refractivity contribution in [1.29, 1.82) is 5.26 Å². The Kier molecular flexibility index (Phi) is 2.70. The molecule has 1 aromatic rings. The van der Waals surface area contributed by atoms with Crippen LogP contribution in [0.2, 0.25) is 0 Å². The maximum absolute atomic E-state index is 13.1. The Bertz CT molecular complexity index is 405. The molecule has 1 saturated carbocycles. The van der Waals surface area contributed by atoms with Gasteiger partial charge in [0.05, 0.1) is 5.56 Å². The largest absolute Gasteiger partial charge is 0.324 e. The predicted molar refractivity (Wildman–Crippen MR) is 55.4 cm³/mol. The lowest BCUT2D eigenvalue weighted by Crippen LogP contribution is -2.26. The van der Waals surface area contributed by atoms with Gasteiger partial charge >= 0.3 is 0 Å². The highest BCUT2D eigenvalue weighted by atomic mass is 19.1. The van der Waals surface area contributed by atoms with Gasteiger partial charge in [0, 0.05) is 6.04 Å². The van der Waals surface area contributed by atoms with Crippen molar-refractivity contribution >= 4 is 0 Å². The molecule has 1 aliphatic carbocycles. The van der Waals surface area contributed by atoms with E-state index in [0.717, 1.165) is 18.4 Å². The summed E-state index contributed by atoms with van der Waals surface area (Å²) in [6.07, 6.45) is 3.51. The van der Waals surface area contributed by atoms with Gasteiger partial charge in [-0.3, -0.25) is 0 Å². The molecule has 1 atom stereocenters. The van der Waals surface area contributed by atoms with E-state index in [-0.39, 0.29) is 11.6 Å².